The molecule has 2 fully saturated rings. The Balaban J connectivity index is 1.61. The predicted molar refractivity (Wildman–Crippen MR) is 123 cm³/mol. The number of ether oxygens (including phenoxy) is 2. The van der Waals surface area contributed by atoms with E-state index in [9.17, 15) is 26.0 Å². The second-order valence-corrected chi connectivity index (χ2v) is 10.4. The first-order chi connectivity index (χ1) is 16.5. The van der Waals surface area contributed by atoms with Crippen LogP contribution in [0.2, 0.25) is 0 Å². The molecule has 0 amide bonds. The normalized spacial score (nSPS) is 20.2. The molecule has 192 valence electrons. The lowest BCUT2D eigenvalue weighted by atomic mass is 10.1. The summed E-state index contributed by atoms with van der Waals surface area (Å²) < 4.78 is 93.4. The van der Waals surface area contributed by atoms with Crippen LogP contribution in [0, 0.1) is 5.82 Å². The van der Waals surface area contributed by atoms with Crippen LogP contribution in [0.5, 0.6) is 5.75 Å². The molecule has 0 unspecified atom stereocenters. The number of hydrogen-bond donors (Lipinski definition) is 0. The minimum atomic E-state index is -4.74. The Hall–Kier alpha value is -2.57. The summed E-state index contributed by atoms with van der Waals surface area (Å²) in [5, 5.41) is 0. The molecule has 2 saturated heterocycles. The molecule has 0 bridgehead atoms. The fourth-order valence-corrected chi connectivity index (χ4v) is 6.33. The van der Waals surface area contributed by atoms with Gasteiger partial charge in [0, 0.05) is 50.1 Å². The van der Waals surface area contributed by atoms with E-state index in [0.29, 0.717) is 32.4 Å². The van der Waals surface area contributed by atoms with Crippen molar-refractivity contribution < 1.29 is 35.5 Å². The summed E-state index contributed by atoms with van der Waals surface area (Å²) in [6, 6.07) is 6.84. The van der Waals surface area contributed by atoms with Crippen molar-refractivity contribution in [2.75, 3.05) is 62.8 Å². The van der Waals surface area contributed by atoms with Crippen LogP contribution in [0.15, 0.2) is 41.3 Å². The standard InChI is InChI=1S/C23H27F4N3O4S/c1-16-15-29(20-5-3-17(24)13-19(20)23(25,26)27)7-8-30(16)35(31,32)22-14-18(4-6-21(22)33-2)28-9-11-34-12-10-28/h3-6,13-14,16H,7-12,15H2,1-2H3/t16-/m1/s1. The molecular formula is C23H27F4N3O4S. The number of anilines is 2. The van der Waals surface area contributed by atoms with Gasteiger partial charge in [-0.1, -0.05) is 0 Å². The van der Waals surface area contributed by atoms with Crippen LogP contribution in [0.1, 0.15) is 12.5 Å². The maximum atomic E-state index is 13.7. The molecule has 2 aliphatic rings. The molecule has 2 aromatic rings. The van der Waals surface area contributed by atoms with Gasteiger partial charge in [0.05, 0.1) is 25.9 Å². The number of nitrogens with zero attached hydrogens (tertiary/aromatic N) is 3. The molecule has 7 nitrogen and oxygen atoms in total. The largest absolute Gasteiger partial charge is 0.495 e. The minimum Gasteiger partial charge on any atom is -0.495 e. The molecule has 0 aromatic heterocycles. The molecular weight excluding hydrogens is 490 g/mol. The van der Waals surface area contributed by atoms with Gasteiger partial charge in [0.2, 0.25) is 10.0 Å². The molecule has 35 heavy (non-hydrogen) atoms. The summed E-state index contributed by atoms with van der Waals surface area (Å²) in [7, 11) is -2.64. The summed E-state index contributed by atoms with van der Waals surface area (Å²) in [6.45, 7) is 3.96. The number of methoxy groups -OCH3 is 1. The quantitative estimate of drug-likeness (QED) is 0.565. The first-order valence-corrected chi connectivity index (χ1v) is 12.6. The molecule has 0 N–H and O–H groups in total. The van der Waals surface area contributed by atoms with Gasteiger partial charge in [0.15, 0.2) is 0 Å². The van der Waals surface area contributed by atoms with Crippen molar-refractivity contribution in [3.8, 4) is 5.75 Å². The Labute approximate surface area is 201 Å². The van der Waals surface area contributed by atoms with E-state index in [2.05, 4.69) is 0 Å². The van der Waals surface area contributed by atoms with E-state index in [1.165, 1.54) is 16.3 Å². The van der Waals surface area contributed by atoms with Gasteiger partial charge in [0.1, 0.15) is 16.5 Å². The lowest BCUT2D eigenvalue weighted by Gasteiger charge is -2.41. The summed E-state index contributed by atoms with van der Waals surface area (Å²) in [5.41, 5.74) is -0.532. The van der Waals surface area contributed by atoms with Gasteiger partial charge in [-0.25, -0.2) is 12.8 Å². The molecule has 2 aromatic carbocycles. The number of hydrogen-bond acceptors (Lipinski definition) is 6. The van der Waals surface area contributed by atoms with Crippen LogP contribution in [-0.2, 0) is 20.9 Å². The number of benzene rings is 2. The van der Waals surface area contributed by atoms with Crippen molar-refractivity contribution in [2.45, 2.75) is 24.0 Å². The van der Waals surface area contributed by atoms with Crippen LogP contribution in [-0.4, -0.2) is 71.8 Å². The molecule has 0 radical (unpaired) electrons. The van der Waals surface area contributed by atoms with Crippen molar-refractivity contribution >= 4 is 21.4 Å². The van der Waals surface area contributed by atoms with Gasteiger partial charge < -0.3 is 19.3 Å². The van der Waals surface area contributed by atoms with E-state index >= 15 is 0 Å². The Morgan fingerprint density at radius 3 is 2.34 bits per heavy atom. The lowest BCUT2D eigenvalue weighted by molar-refractivity contribution is -0.137. The van der Waals surface area contributed by atoms with Gasteiger partial charge >= 0.3 is 6.18 Å². The Morgan fingerprint density at radius 1 is 1.00 bits per heavy atom. The Morgan fingerprint density at radius 2 is 1.71 bits per heavy atom. The van der Waals surface area contributed by atoms with Crippen molar-refractivity contribution in [3.63, 3.8) is 0 Å². The van der Waals surface area contributed by atoms with Crippen molar-refractivity contribution in [1.82, 2.24) is 4.31 Å². The average Bonchev–Trinajstić information content (AvgIpc) is 2.83. The summed E-state index contributed by atoms with van der Waals surface area (Å²) in [6.07, 6.45) is -4.74. The zero-order valence-electron chi connectivity index (χ0n) is 19.4. The van der Waals surface area contributed by atoms with E-state index in [0.717, 1.165) is 17.8 Å². The molecule has 4 rings (SSSR count). The molecule has 1 atom stereocenters. The van der Waals surface area contributed by atoms with E-state index < -0.39 is 33.6 Å². The number of sulfonamides is 1. The molecule has 2 aliphatic heterocycles. The van der Waals surface area contributed by atoms with E-state index in [1.54, 1.807) is 25.1 Å². The van der Waals surface area contributed by atoms with Crippen molar-refractivity contribution in [3.05, 3.63) is 47.8 Å². The average molecular weight is 518 g/mol. The number of morpholine rings is 1. The van der Waals surface area contributed by atoms with E-state index in [1.807, 2.05) is 4.90 Å². The van der Waals surface area contributed by atoms with E-state index in [4.69, 9.17) is 9.47 Å². The number of rotatable bonds is 5. The second kappa shape index (κ2) is 9.82. The highest BCUT2D eigenvalue weighted by Gasteiger charge is 2.39. The van der Waals surface area contributed by atoms with Gasteiger partial charge in [0.25, 0.3) is 0 Å². The monoisotopic (exact) mass is 517 g/mol. The summed E-state index contributed by atoms with van der Waals surface area (Å²) in [5.74, 6) is -0.794. The zero-order chi connectivity index (χ0) is 25.4. The molecule has 0 spiro atoms. The fourth-order valence-electron chi connectivity index (χ4n) is 4.54. The zero-order valence-corrected chi connectivity index (χ0v) is 20.2. The van der Waals surface area contributed by atoms with Crippen LogP contribution in [0.4, 0.5) is 28.9 Å². The number of halogens is 4. The third-order valence-electron chi connectivity index (χ3n) is 6.28. The highest BCUT2D eigenvalue weighted by Crippen LogP contribution is 2.39. The van der Waals surface area contributed by atoms with Crippen LogP contribution >= 0.6 is 0 Å². The first kappa shape index (κ1) is 25.5. The smallest absolute Gasteiger partial charge is 0.418 e. The number of alkyl halides is 3. The van der Waals surface area contributed by atoms with Gasteiger partial charge in [-0.3, -0.25) is 0 Å². The van der Waals surface area contributed by atoms with E-state index in [-0.39, 0.29) is 36.0 Å². The topological polar surface area (TPSA) is 62.3 Å². The minimum absolute atomic E-state index is 0.00190. The maximum absolute atomic E-state index is 13.7. The molecule has 2 heterocycles. The summed E-state index contributed by atoms with van der Waals surface area (Å²) in [4.78, 5) is 3.47. The van der Waals surface area contributed by atoms with Gasteiger partial charge in [-0.05, 0) is 43.3 Å². The highest BCUT2D eigenvalue weighted by molar-refractivity contribution is 7.89. The van der Waals surface area contributed by atoms with Gasteiger partial charge in [-0.15, -0.1) is 0 Å². The summed E-state index contributed by atoms with van der Waals surface area (Å²) >= 11 is 0. The lowest BCUT2D eigenvalue weighted by Crippen LogP contribution is -2.54. The highest BCUT2D eigenvalue weighted by atomic mass is 32.2. The predicted octanol–water partition coefficient (Wildman–Crippen LogP) is 3.59. The van der Waals surface area contributed by atoms with Crippen molar-refractivity contribution in [2.24, 2.45) is 0 Å². The maximum Gasteiger partial charge on any atom is 0.418 e. The number of piperazine rings is 1. The van der Waals surface area contributed by atoms with Crippen LogP contribution < -0.4 is 14.5 Å². The third kappa shape index (κ3) is 5.19. The molecule has 0 aliphatic carbocycles. The van der Waals surface area contributed by atoms with Gasteiger partial charge in [-0.2, -0.15) is 17.5 Å². The molecule has 12 heteroatoms. The van der Waals surface area contributed by atoms with Crippen LogP contribution in [0.3, 0.4) is 0 Å². The van der Waals surface area contributed by atoms with Crippen LogP contribution in [0.25, 0.3) is 0 Å². The fraction of sp³-hybridized carbons (Fsp3) is 0.478. The third-order valence-corrected chi connectivity index (χ3v) is 8.32. The second-order valence-electron chi connectivity index (χ2n) is 8.50. The first-order valence-electron chi connectivity index (χ1n) is 11.2. The Bertz CT molecular complexity index is 1170. The SMILES string of the molecule is COc1ccc(N2CCOCC2)cc1S(=O)(=O)N1CCN(c2ccc(F)cc2C(F)(F)F)C[C@H]1C. The molecule has 0 saturated carbocycles. The Kier molecular flexibility index (Phi) is 7.16. The van der Waals surface area contributed by atoms with Crippen molar-refractivity contribution in [1.29, 1.82) is 0 Å².